The first-order valence-corrected chi connectivity index (χ1v) is 9.38. The minimum Gasteiger partial charge on any atom is -0.342 e. The van der Waals surface area contributed by atoms with Gasteiger partial charge in [-0.25, -0.2) is 8.78 Å². The minimum atomic E-state index is -2.81. The van der Waals surface area contributed by atoms with E-state index in [0.29, 0.717) is 19.6 Å². The maximum atomic E-state index is 14.1. The normalized spacial score (nSPS) is 30.6. The average molecular weight is 348 g/mol. The van der Waals surface area contributed by atoms with Crippen molar-refractivity contribution in [1.29, 1.82) is 0 Å². The van der Waals surface area contributed by atoms with Crippen molar-refractivity contribution in [3.63, 3.8) is 0 Å². The van der Waals surface area contributed by atoms with Gasteiger partial charge in [0.25, 0.3) is 5.92 Å². The zero-order valence-electron chi connectivity index (χ0n) is 14.5. The van der Waals surface area contributed by atoms with Crippen molar-refractivity contribution in [1.82, 2.24) is 4.90 Å². The fourth-order valence-corrected chi connectivity index (χ4v) is 4.88. The van der Waals surface area contributed by atoms with E-state index in [1.165, 1.54) is 5.56 Å². The van der Waals surface area contributed by atoms with Crippen LogP contribution in [-0.2, 0) is 10.2 Å². The van der Waals surface area contributed by atoms with Crippen molar-refractivity contribution in [2.75, 3.05) is 19.6 Å². The molecule has 1 aromatic carbocycles. The van der Waals surface area contributed by atoms with Gasteiger partial charge in [-0.3, -0.25) is 4.79 Å². The predicted octanol–water partition coefficient (Wildman–Crippen LogP) is 3.33. The van der Waals surface area contributed by atoms with E-state index in [1.807, 2.05) is 18.2 Å². The Hall–Kier alpha value is -1.49. The number of alkyl halides is 2. The van der Waals surface area contributed by atoms with E-state index in [0.717, 1.165) is 32.1 Å². The van der Waals surface area contributed by atoms with Crippen LogP contribution >= 0.6 is 0 Å². The Bertz CT molecular complexity index is 651. The molecule has 1 saturated heterocycles. The zero-order chi connectivity index (χ0) is 17.7. The number of benzene rings is 1. The first kappa shape index (κ1) is 17.0. The number of piperidine rings is 1. The summed E-state index contributed by atoms with van der Waals surface area (Å²) < 4.78 is 28.3. The summed E-state index contributed by atoms with van der Waals surface area (Å²) in [6, 6.07) is 10.1. The fraction of sp³-hybridized carbons (Fsp3) is 0.650. The van der Waals surface area contributed by atoms with Crippen molar-refractivity contribution in [2.45, 2.75) is 49.9 Å². The number of hydrogen-bond donors (Lipinski definition) is 1. The lowest BCUT2D eigenvalue weighted by atomic mass is 9.70. The van der Waals surface area contributed by atoms with Gasteiger partial charge in [-0.1, -0.05) is 36.8 Å². The molecule has 1 atom stereocenters. The smallest absolute Gasteiger partial charge is 0.264 e. The molecule has 1 amide bonds. The zero-order valence-corrected chi connectivity index (χ0v) is 14.5. The summed E-state index contributed by atoms with van der Waals surface area (Å²) in [6.45, 7) is 1.56. The van der Waals surface area contributed by atoms with Gasteiger partial charge in [0.2, 0.25) is 5.91 Å². The second kappa shape index (κ2) is 5.76. The number of rotatable bonds is 4. The number of hydrogen-bond acceptors (Lipinski definition) is 2. The molecular weight excluding hydrogens is 322 g/mol. The Labute approximate surface area is 147 Å². The third-order valence-electron chi connectivity index (χ3n) is 7.00. The summed E-state index contributed by atoms with van der Waals surface area (Å²) in [6.07, 6.45) is 3.75. The van der Waals surface area contributed by atoms with Gasteiger partial charge < -0.3 is 10.6 Å². The summed E-state index contributed by atoms with van der Waals surface area (Å²) >= 11 is 0. The minimum absolute atomic E-state index is 0.120. The van der Waals surface area contributed by atoms with Gasteiger partial charge in [0.15, 0.2) is 0 Å². The summed E-state index contributed by atoms with van der Waals surface area (Å²) in [5.41, 5.74) is 5.75. The third-order valence-corrected chi connectivity index (χ3v) is 7.00. The number of likely N-dealkylation sites (tertiary alicyclic amines) is 1. The first-order chi connectivity index (χ1) is 12.0. The quantitative estimate of drug-likeness (QED) is 0.907. The van der Waals surface area contributed by atoms with E-state index >= 15 is 0 Å². The lowest BCUT2D eigenvalue weighted by Crippen LogP contribution is -2.52. The number of carbonyl (C=O) groups is 1. The molecule has 0 unspecified atom stereocenters. The fourth-order valence-electron chi connectivity index (χ4n) is 4.88. The molecule has 1 aromatic rings. The van der Waals surface area contributed by atoms with Crippen molar-refractivity contribution in [3.8, 4) is 0 Å². The van der Waals surface area contributed by atoms with Crippen LogP contribution in [0.5, 0.6) is 0 Å². The largest absolute Gasteiger partial charge is 0.342 e. The van der Waals surface area contributed by atoms with E-state index in [9.17, 15) is 13.6 Å². The topological polar surface area (TPSA) is 46.3 Å². The second-order valence-electron chi connectivity index (χ2n) is 8.12. The lowest BCUT2D eigenvalue weighted by molar-refractivity contribution is -0.148. The van der Waals surface area contributed by atoms with Crippen LogP contribution in [0, 0.1) is 11.3 Å². The number of nitrogens with zero attached hydrogens (tertiary/aromatic N) is 1. The van der Waals surface area contributed by atoms with E-state index in [2.05, 4.69) is 12.1 Å². The van der Waals surface area contributed by atoms with E-state index < -0.39 is 11.3 Å². The number of nitrogens with two attached hydrogens (primary N) is 1. The van der Waals surface area contributed by atoms with Crippen LogP contribution in [0.3, 0.4) is 0 Å². The molecule has 2 N–H and O–H groups in total. The van der Waals surface area contributed by atoms with Gasteiger partial charge in [-0.2, -0.15) is 0 Å². The molecule has 2 saturated carbocycles. The van der Waals surface area contributed by atoms with Gasteiger partial charge in [0.05, 0.1) is 0 Å². The van der Waals surface area contributed by atoms with Crippen LogP contribution in [0.4, 0.5) is 8.78 Å². The number of amides is 1. The van der Waals surface area contributed by atoms with E-state index in [1.54, 1.807) is 4.90 Å². The standard InChI is InChI=1S/C20H26F2N2O/c21-20(22)13-19(20,16-7-4-8-16)17(25)24-11-9-18(14-23,10-12-24)15-5-2-1-3-6-15/h1-3,5-6,16H,4,7-14,23H2/t19-/m1/s1. The molecule has 1 heterocycles. The van der Waals surface area contributed by atoms with Crippen LogP contribution in [0.1, 0.15) is 44.1 Å². The predicted molar refractivity (Wildman–Crippen MR) is 92.3 cm³/mol. The molecular formula is C20H26F2N2O. The van der Waals surface area contributed by atoms with Gasteiger partial charge >= 0.3 is 0 Å². The number of halogens is 2. The Morgan fingerprint density at radius 1 is 1.16 bits per heavy atom. The van der Waals surface area contributed by atoms with Crippen LogP contribution in [0.15, 0.2) is 30.3 Å². The summed E-state index contributed by atoms with van der Waals surface area (Å²) in [5.74, 6) is -3.23. The summed E-state index contributed by atoms with van der Waals surface area (Å²) in [5, 5.41) is 0. The molecule has 0 spiro atoms. The molecule has 5 heteroatoms. The lowest BCUT2D eigenvalue weighted by Gasteiger charge is -2.44. The van der Waals surface area contributed by atoms with Crippen molar-refractivity contribution >= 4 is 5.91 Å². The molecule has 4 rings (SSSR count). The Morgan fingerprint density at radius 3 is 2.20 bits per heavy atom. The van der Waals surface area contributed by atoms with Crippen LogP contribution < -0.4 is 5.73 Å². The van der Waals surface area contributed by atoms with Gasteiger partial charge in [0, 0.05) is 31.5 Å². The second-order valence-corrected chi connectivity index (χ2v) is 8.12. The highest BCUT2D eigenvalue weighted by Crippen LogP contribution is 2.69. The molecule has 3 nitrogen and oxygen atoms in total. The average Bonchev–Trinajstić information content (AvgIpc) is 3.16. The van der Waals surface area contributed by atoms with Crippen molar-refractivity contribution in [2.24, 2.45) is 17.1 Å². The van der Waals surface area contributed by atoms with Crippen molar-refractivity contribution in [3.05, 3.63) is 35.9 Å². The molecule has 2 aliphatic carbocycles. The molecule has 136 valence electrons. The molecule has 0 radical (unpaired) electrons. The SMILES string of the molecule is NCC1(c2ccccc2)CCN(C(=O)[C@]2(C3CCC3)CC2(F)F)CC1. The van der Waals surface area contributed by atoms with Gasteiger partial charge in [-0.05, 0) is 37.2 Å². The molecule has 3 aliphatic rings. The van der Waals surface area contributed by atoms with Crippen molar-refractivity contribution < 1.29 is 13.6 Å². The van der Waals surface area contributed by atoms with E-state index in [-0.39, 0.29) is 23.7 Å². The van der Waals surface area contributed by atoms with Gasteiger partial charge in [0.1, 0.15) is 5.41 Å². The molecule has 25 heavy (non-hydrogen) atoms. The monoisotopic (exact) mass is 348 g/mol. The van der Waals surface area contributed by atoms with Crippen LogP contribution in [0.25, 0.3) is 0 Å². The molecule has 0 bridgehead atoms. The molecule has 3 fully saturated rings. The Balaban J connectivity index is 1.49. The molecule has 0 aromatic heterocycles. The summed E-state index contributed by atoms with van der Waals surface area (Å²) in [4.78, 5) is 14.7. The molecule has 1 aliphatic heterocycles. The third kappa shape index (κ3) is 2.42. The maximum Gasteiger partial charge on any atom is 0.264 e. The van der Waals surface area contributed by atoms with Crippen LogP contribution in [0.2, 0.25) is 0 Å². The highest BCUT2D eigenvalue weighted by Gasteiger charge is 2.79. The highest BCUT2D eigenvalue weighted by molar-refractivity contribution is 5.88. The maximum absolute atomic E-state index is 14.1. The summed E-state index contributed by atoms with van der Waals surface area (Å²) in [7, 11) is 0. The Morgan fingerprint density at radius 2 is 1.76 bits per heavy atom. The van der Waals surface area contributed by atoms with E-state index in [4.69, 9.17) is 5.73 Å². The van der Waals surface area contributed by atoms with Crippen LogP contribution in [-0.4, -0.2) is 36.4 Å². The number of carbonyl (C=O) groups excluding carboxylic acids is 1. The van der Waals surface area contributed by atoms with Gasteiger partial charge in [-0.15, -0.1) is 0 Å². The Kier molecular flexibility index (Phi) is 3.91. The first-order valence-electron chi connectivity index (χ1n) is 9.38. The highest BCUT2D eigenvalue weighted by atomic mass is 19.3.